The number of benzene rings is 1. The monoisotopic (exact) mass is 374 g/mol. The van der Waals surface area contributed by atoms with Crippen LogP contribution in [0, 0.1) is 23.3 Å². The van der Waals surface area contributed by atoms with Crippen molar-refractivity contribution in [1.82, 2.24) is 4.98 Å². The van der Waals surface area contributed by atoms with Gasteiger partial charge in [0, 0.05) is 17.8 Å². The molecule has 0 atom stereocenters. The van der Waals surface area contributed by atoms with Crippen LogP contribution in [0.5, 0.6) is 0 Å². The lowest BCUT2D eigenvalue weighted by atomic mass is 10.1. The van der Waals surface area contributed by atoms with Crippen molar-refractivity contribution in [2.45, 2.75) is 6.92 Å². The normalized spacial score (nSPS) is 12.4. The van der Waals surface area contributed by atoms with Gasteiger partial charge >= 0.3 is 5.97 Å². The van der Waals surface area contributed by atoms with Crippen LogP contribution in [0.4, 0.5) is 22.7 Å². The third kappa shape index (κ3) is 4.02. The zero-order chi connectivity index (χ0) is 18.6. The number of ether oxygens (including phenoxy) is 1. The lowest BCUT2D eigenvalue weighted by Crippen LogP contribution is -2.12. The fourth-order valence-corrected chi connectivity index (χ4v) is 2.19. The minimum absolute atomic E-state index is 0.0880. The van der Waals surface area contributed by atoms with Crippen LogP contribution in [0.15, 0.2) is 28.2 Å². The average molecular weight is 374 g/mol. The third-order valence-corrected chi connectivity index (χ3v) is 3.51. The summed E-state index contributed by atoms with van der Waals surface area (Å²) in [5.41, 5.74) is -1.73. The molecule has 1 N–H and O–H groups in total. The van der Waals surface area contributed by atoms with E-state index in [0.717, 1.165) is 17.6 Å². The highest BCUT2D eigenvalue weighted by molar-refractivity contribution is 7.13. The molecule has 1 aromatic heterocycles. The molecule has 0 bridgehead atoms. The number of hydrogen-bond donors (Lipinski definition) is 1. The van der Waals surface area contributed by atoms with Gasteiger partial charge in [0.25, 0.3) is 0 Å². The van der Waals surface area contributed by atoms with Gasteiger partial charge < -0.3 is 9.84 Å². The zero-order valence-corrected chi connectivity index (χ0v) is 13.4. The van der Waals surface area contributed by atoms with Crippen LogP contribution in [0.2, 0.25) is 0 Å². The molecule has 0 aliphatic heterocycles. The molecule has 0 spiro atoms. The Morgan fingerprint density at radius 3 is 2.64 bits per heavy atom. The van der Waals surface area contributed by atoms with Crippen molar-refractivity contribution < 1.29 is 32.2 Å². The van der Waals surface area contributed by atoms with Crippen molar-refractivity contribution in [3.05, 3.63) is 52.0 Å². The first kappa shape index (κ1) is 18.6. The maximum absolute atomic E-state index is 13.8. The summed E-state index contributed by atoms with van der Waals surface area (Å²) < 4.78 is 58.2. The number of esters is 1. The van der Waals surface area contributed by atoms with E-state index in [4.69, 9.17) is 4.74 Å². The number of carbonyl (C=O) groups excluding carboxylic acids is 1. The predicted octanol–water partition coefficient (Wildman–Crippen LogP) is 3.93. The van der Waals surface area contributed by atoms with Gasteiger partial charge in [0.2, 0.25) is 5.13 Å². The lowest BCUT2D eigenvalue weighted by Gasteiger charge is -2.09. The number of aliphatic imine (C=N–C) groups is 1. The average Bonchev–Trinajstić information content (AvgIpc) is 3.10. The Morgan fingerprint density at radius 2 is 2.04 bits per heavy atom. The number of aliphatic hydroxyl groups is 1. The number of nitrogens with zero attached hydrogens (tertiary/aromatic N) is 2. The molecule has 0 saturated heterocycles. The van der Waals surface area contributed by atoms with Gasteiger partial charge in [0.15, 0.2) is 23.3 Å². The first-order valence-corrected chi connectivity index (χ1v) is 7.62. The molecule has 0 aliphatic rings. The molecule has 5 nitrogen and oxygen atoms in total. The molecule has 25 heavy (non-hydrogen) atoms. The quantitative estimate of drug-likeness (QED) is 0.164. The van der Waals surface area contributed by atoms with Crippen molar-refractivity contribution in [3.8, 4) is 0 Å². The van der Waals surface area contributed by atoms with Gasteiger partial charge in [-0.05, 0) is 13.0 Å². The van der Waals surface area contributed by atoms with Crippen LogP contribution >= 0.6 is 11.3 Å². The second-order valence-corrected chi connectivity index (χ2v) is 5.28. The van der Waals surface area contributed by atoms with Crippen molar-refractivity contribution in [2.75, 3.05) is 6.61 Å². The van der Waals surface area contributed by atoms with E-state index in [0.29, 0.717) is 0 Å². The third-order valence-electron chi connectivity index (χ3n) is 2.83. The van der Waals surface area contributed by atoms with Gasteiger partial charge in [-0.2, -0.15) is 0 Å². The summed E-state index contributed by atoms with van der Waals surface area (Å²) in [5.74, 6) is -10.0. The number of aliphatic hydroxyl groups excluding tert-OH is 1. The van der Waals surface area contributed by atoms with E-state index < -0.39 is 46.1 Å². The minimum atomic E-state index is -2.12. The van der Waals surface area contributed by atoms with Gasteiger partial charge in [-0.15, -0.1) is 11.3 Å². The first-order chi connectivity index (χ1) is 11.9. The Morgan fingerprint density at radius 1 is 1.32 bits per heavy atom. The summed E-state index contributed by atoms with van der Waals surface area (Å²) in [4.78, 5) is 19.5. The Kier molecular flexibility index (Phi) is 5.86. The molecular formula is C15H10F4N2O3S. The highest BCUT2D eigenvalue weighted by Crippen LogP contribution is 2.26. The lowest BCUT2D eigenvalue weighted by molar-refractivity contribution is -0.137. The summed E-state index contributed by atoms with van der Waals surface area (Å²) in [5, 5.41) is 11.9. The molecule has 132 valence electrons. The first-order valence-electron chi connectivity index (χ1n) is 6.74. The second kappa shape index (κ2) is 7.88. The maximum Gasteiger partial charge on any atom is 0.343 e. The Bertz CT molecular complexity index is 851. The number of halogens is 4. The SMILES string of the molecule is CCOC(=O)C(/C=N/c1nccs1)=C(\O)c1cc(F)c(F)c(F)c1F. The van der Waals surface area contributed by atoms with Crippen molar-refractivity contribution in [1.29, 1.82) is 0 Å². The van der Waals surface area contributed by atoms with Crippen LogP contribution < -0.4 is 0 Å². The Balaban J connectivity index is 2.59. The van der Waals surface area contributed by atoms with Crippen LogP contribution in [-0.2, 0) is 9.53 Å². The van der Waals surface area contributed by atoms with Gasteiger partial charge in [-0.25, -0.2) is 32.3 Å². The fraction of sp³-hybridized carbons (Fsp3) is 0.133. The van der Waals surface area contributed by atoms with E-state index in [2.05, 4.69) is 9.98 Å². The van der Waals surface area contributed by atoms with Crippen molar-refractivity contribution in [2.24, 2.45) is 4.99 Å². The van der Waals surface area contributed by atoms with E-state index >= 15 is 0 Å². The summed E-state index contributed by atoms with van der Waals surface area (Å²) in [6, 6.07) is 0.222. The van der Waals surface area contributed by atoms with E-state index in [-0.39, 0.29) is 17.8 Å². The number of carbonyl (C=O) groups is 1. The van der Waals surface area contributed by atoms with Gasteiger partial charge in [0.1, 0.15) is 11.3 Å². The topological polar surface area (TPSA) is 71.8 Å². The molecule has 1 aromatic carbocycles. The van der Waals surface area contributed by atoms with Crippen LogP contribution in [0.3, 0.4) is 0 Å². The number of rotatable bonds is 5. The van der Waals surface area contributed by atoms with Crippen LogP contribution in [0.25, 0.3) is 5.76 Å². The smallest absolute Gasteiger partial charge is 0.343 e. The molecule has 2 rings (SSSR count). The number of hydrogen-bond acceptors (Lipinski definition) is 6. The molecule has 0 aliphatic carbocycles. The van der Waals surface area contributed by atoms with Gasteiger partial charge in [0.05, 0.1) is 12.2 Å². The molecule has 1 heterocycles. The molecule has 2 aromatic rings. The zero-order valence-electron chi connectivity index (χ0n) is 12.6. The minimum Gasteiger partial charge on any atom is -0.506 e. The number of aromatic nitrogens is 1. The van der Waals surface area contributed by atoms with E-state index in [9.17, 15) is 27.5 Å². The van der Waals surface area contributed by atoms with E-state index in [1.807, 2.05) is 0 Å². The predicted molar refractivity (Wildman–Crippen MR) is 82.7 cm³/mol. The van der Waals surface area contributed by atoms with E-state index in [1.54, 1.807) is 5.38 Å². The summed E-state index contributed by atoms with van der Waals surface area (Å²) in [6.07, 6.45) is 2.24. The van der Waals surface area contributed by atoms with E-state index in [1.165, 1.54) is 13.1 Å². The molecule has 0 fully saturated rings. The van der Waals surface area contributed by atoms with Gasteiger partial charge in [-0.1, -0.05) is 0 Å². The van der Waals surface area contributed by atoms with Crippen LogP contribution in [-0.4, -0.2) is 28.9 Å². The summed E-state index contributed by atoms with van der Waals surface area (Å²) in [6.45, 7) is 1.39. The highest BCUT2D eigenvalue weighted by atomic mass is 32.1. The van der Waals surface area contributed by atoms with Crippen molar-refractivity contribution >= 4 is 34.4 Å². The fourth-order valence-electron chi connectivity index (χ4n) is 1.71. The number of thiazole rings is 1. The van der Waals surface area contributed by atoms with Crippen molar-refractivity contribution in [3.63, 3.8) is 0 Å². The molecular weight excluding hydrogens is 364 g/mol. The Labute approximate surface area is 142 Å². The highest BCUT2D eigenvalue weighted by Gasteiger charge is 2.25. The van der Waals surface area contributed by atoms with Gasteiger partial charge in [-0.3, -0.25) is 0 Å². The second-order valence-electron chi connectivity index (χ2n) is 4.40. The molecule has 0 amide bonds. The standard InChI is InChI=1S/C15H10F4N2O3S/c1-2-24-14(23)8(6-21-15-20-3-4-25-15)13(22)7-5-9(16)11(18)12(19)10(7)17/h3-6,22H,2H2,1H3/b13-8-,21-6+. The molecule has 10 heteroatoms. The summed E-state index contributed by atoms with van der Waals surface area (Å²) in [7, 11) is 0. The Hall–Kier alpha value is -2.75. The summed E-state index contributed by atoms with van der Waals surface area (Å²) >= 11 is 1.10. The van der Waals surface area contributed by atoms with Crippen LogP contribution in [0.1, 0.15) is 12.5 Å². The molecule has 0 saturated carbocycles. The molecule has 0 radical (unpaired) electrons. The maximum atomic E-state index is 13.8. The molecule has 0 unspecified atom stereocenters. The largest absolute Gasteiger partial charge is 0.506 e.